The number of hydrogen-bond donors (Lipinski definition) is 1. The Morgan fingerprint density at radius 1 is 1.02 bits per heavy atom. The van der Waals surface area contributed by atoms with Gasteiger partial charge < -0.3 is 19.3 Å². The molecule has 0 spiro atoms. The minimum Gasteiger partial charge on any atom is -0.494 e. The number of benzene rings is 2. The normalized spacial score (nSPS) is 23.4. The molecule has 2 amide bonds. The van der Waals surface area contributed by atoms with Crippen LogP contribution >= 0.6 is 0 Å². The van der Waals surface area contributed by atoms with E-state index in [0.717, 1.165) is 11.1 Å². The number of nitrogens with zero attached hydrogens (tertiary/aromatic N) is 2. The second kappa shape index (κ2) is 12.6. The van der Waals surface area contributed by atoms with E-state index >= 15 is 0 Å². The van der Waals surface area contributed by atoms with Crippen LogP contribution in [0.2, 0.25) is 0 Å². The standard InChI is InChI=1S/C32H45N3O6S/c1-7-40-28-18-17-27(21-23(28)2)42(38,39)33-26-15-13-24(14-16-26)29(36)35-20-19-34(30(37)41-31(3,4)5)22-32(35,6)25-11-9-8-10-12-25/h8-12,17-18,21,24,26,33H,7,13-16,19-20,22H2,1-6H3/t24?,26?,32-/m0/s1. The number of nitrogens with one attached hydrogen (secondary N) is 1. The van der Waals surface area contributed by atoms with Crippen LogP contribution in [0.25, 0.3) is 0 Å². The van der Waals surface area contributed by atoms with Crippen LogP contribution in [0.4, 0.5) is 4.79 Å². The molecule has 1 saturated carbocycles. The van der Waals surface area contributed by atoms with Crippen LogP contribution < -0.4 is 9.46 Å². The Morgan fingerprint density at radius 3 is 2.29 bits per heavy atom. The van der Waals surface area contributed by atoms with Gasteiger partial charge in [0.25, 0.3) is 0 Å². The van der Waals surface area contributed by atoms with Crippen LogP contribution in [-0.2, 0) is 25.1 Å². The Bertz CT molecular complexity index is 1370. The highest BCUT2D eigenvalue weighted by Gasteiger charge is 2.46. The lowest BCUT2D eigenvalue weighted by atomic mass is 9.82. The zero-order valence-corrected chi connectivity index (χ0v) is 26.5. The van der Waals surface area contributed by atoms with E-state index in [2.05, 4.69) is 4.72 Å². The van der Waals surface area contributed by atoms with Gasteiger partial charge in [-0.1, -0.05) is 30.3 Å². The van der Waals surface area contributed by atoms with Gasteiger partial charge in [0.05, 0.1) is 23.6 Å². The molecule has 9 nitrogen and oxygen atoms in total. The van der Waals surface area contributed by atoms with E-state index in [9.17, 15) is 18.0 Å². The highest BCUT2D eigenvalue weighted by Crippen LogP contribution is 2.37. The minimum atomic E-state index is -3.70. The van der Waals surface area contributed by atoms with Crippen molar-refractivity contribution < 1.29 is 27.5 Å². The van der Waals surface area contributed by atoms with Crippen molar-refractivity contribution in [1.82, 2.24) is 14.5 Å². The molecule has 2 fully saturated rings. The first kappa shape index (κ1) is 31.8. The maximum absolute atomic E-state index is 14.0. The summed E-state index contributed by atoms with van der Waals surface area (Å²) in [7, 11) is -3.70. The number of carbonyl (C=O) groups excluding carboxylic acids is 2. The topological polar surface area (TPSA) is 105 Å². The first-order valence-corrected chi connectivity index (χ1v) is 16.3. The number of hydrogen-bond acceptors (Lipinski definition) is 6. The molecule has 1 atom stereocenters. The SMILES string of the molecule is CCOc1ccc(S(=O)(=O)NC2CCC(C(=O)N3CCN(C(=O)OC(C)(C)C)C[C@@]3(C)c3ccccc3)CC2)cc1C. The highest BCUT2D eigenvalue weighted by molar-refractivity contribution is 7.89. The summed E-state index contributed by atoms with van der Waals surface area (Å²) in [5.74, 6) is 0.508. The van der Waals surface area contributed by atoms with Crippen LogP contribution in [0, 0.1) is 12.8 Å². The Balaban J connectivity index is 1.43. The lowest BCUT2D eigenvalue weighted by Gasteiger charge is -2.50. The van der Waals surface area contributed by atoms with Gasteiger partial charge in [-0.15, -0.1) is 0 Å². The fraction of sp³-hybridized carbons (Fsp3) is 0.562. The summed E-state index contributed by atoms with van der Waals surface area (Å²) in [5.41, 5.74) is 0.386. The molecule has 1 aliphatic heterocycles. The second-order valence-electron chi connectivity index (χ2n) is 12.6. The van der Waals surface area contributed by atoms with Crippen molar-refractivity contribution in [2.24, 2.45) is 5.92 Å². The number of aryl methyl sites for hydroxylation is 1. The van der Waals surface area contributed by atoms with E-state index in [1.807, 2.05) is 76.8 Å². The van der Waals surface area contributed by atoms with Crippen LogP contribution in [0.15, 0.2) is 53.4 Å². The molecule has 10 heteroatoms. The molecule has 0 aromatic heterocycles. The van der Waals surface area contributed by atoms with Gasteiger partial charge in [0.2, 0.25) is 15.9 Å². The Hall–Kier alpha value is -3.11. The molecule has 1 heterocycles. The molecular weight excluding hydrogens is 554 g/mol. The fourth-order valence-corrected chi connectivity index (χ4v) is 7.35. The number of piperazine rings is 1. The van der Waals surface area contributed by atoms with E-state index in [0.29, 0.717) is 57.7 Å². The molecule has 0 bridgehead atoms. The van der Waals surface area contributed by atoms with Crippen molar-refractivity contribution in [2.75, 3.05) is 26.2 Å². The molecule has 0 radical (unpaired) electrons. The fourth-order valence-electron chi connectivity index (χ4n) is 5.96. The quantitative estimate of drug-likeness (QED) is 0.468. The average Bonchev–Trinajstić information content (AvgIpc) is 2.93. The monoisotopic (exact) mass is 599 g/mol. The molecular formula is C32H45N3O6S. The smallest absolute Gasteiger partial charge is 0.410 e. The van der Waals surface area contributed by atoms with Gasteiger partial charge in [0.1, 0.15) is 11.4 Å². The van der Waals surface area contributed by atoms with Crippen molar-refractivity contribution in [3.05, 3.63) is 59.7 Å². The molecule has 4 rings (SSSR count). The largest absolute Gasteiger partial charge is 0.494 e. The third-order valence-electron chi connectivity index (χ3n) is 8.16. The predicted octanol–water partition coefficient (Wildman–Crippen LogP) is 5.23. The Kier molecular flexibility index (Phi) is 9.57. The molecule has 2 aliphatic rings. The number of amides is 2. The van der Waals surface area contributed by atoms with Gasteiger partial charge >= 0.3 is 6.09 Å². The van der Waals surface area contributed by atoms with Gasteiger partial charge in [0.15, 0.2) is 0 Å². The summed E-state index contributed by atoms with van der Waals surface area (Å²) in [5, 5.41) is 0. The molecule has 230 valence electrons. The molecule has 42 heavy (non-hydrogen) atoms. The van der Waals surface area contributed by atoms with Crippen molar-refractivity contribution in [3.8, 4) is 5.75 Å². The van der Waals surface area contributed by atoms with E-state index in [1.165, 1.54) is 0 Å². The van der Waals surface area contributed by atoms with Crippen LogP contribution in [0.1, 0.15) is 71.4 Å². The van der Waals surface area contributed by atoms with E-state index in [-0.39, 0.29) is 28.9 Å². The Labute approximate surface area is 250 Å². The number of carbonyl (C=O) groups is 2. The summed E-state index contributed by atoms with van der Waals surface area (Å²) < 4.78 is 40.3. The van der Waals surface area contributed by atoms with E-state index in [1.54, 1.807) is 23.1 Å². The lowest BCUT2D eigenvalue weighted by molar-refractivity contribution is -0.147. The molecule has 2 aromatic carbocycles. The average molecular weight is 600 g/mol. The Morgan fingerprint density at radius 2 is 1.69 bits per heavy atom. The molecule has 2 aromatic rings. The van der Waals surface area contributed by atoms with Crippen LogP contribution in [0.5, 0.6) is 5.75 Å². The summed E-state index contributed by atoms with van der Waals surface area (Å²) in [4.78, 5) is 30.8. The maximum Gasteiger partial charge on any atom is 0.410 e. The van der Waals surface area contributed by atoms with Gasteiger partial charge in [0, 0.05) is 25.0 Å². The zero-order chi connectivity index (χ0) is 30.7. The first-order valence-electron chi connectivity index (χ1n) is 14.8. The highest BCUT2D eigenvalue weighted by atomic mass is 32.2. The molecule has 1 aliphatic carbocycles. The second-order valence-corrected chi connectivity index (χ2v) is 14.3. The van der Waals surface area contributed by atoms with Crippen molar-refractivity contribution in [3.63, 3.8) is 0 Å². The number of rotatable bonds is 7. The molecule has 1 N–H and O–H groups in total. The number of ether oxygens (including phenoxy) is 2. The summed E-state index contributed by atoms with van der Waals surface area (Å²) in [6.45, 7) is 12.9. The first-order chi connectivity index (χ1) is 19.7. The number of sulfonamides is 1. The zero-order valence-electron chi connectivity index (χ0n) is 25.7. The predicted molar refractivity (Wildman–Crippen MR) is 162 cm³/mol. The van der Waals surface area contributed by atoms with Crippen molar-refractivity contribution in [1.29, 1.82) is 0 Å². The van der Waals surface area contributed by atoms with E-state index < -0.39 is 21.2 Å². The molecule has 0 unspecified atom stereocenters. The van der Waals surface area contributed by atoms with Gasteiger partial charge in [-0.25, -0.2) is 17.9 Å². The van der Waals surface area contributed by atoms with E-state index in [4.69, 9.17) is 9.47 Å². The third-order valence-corrected chi connectivity index (χ3v) is 9.67. The molecule has 1 saturated heterocycles. The van der Waals surface area contributed by atoms with Gasteiger partial charge in [-0.05, 0) is 96.6 Å². The van der Waals surface area contributed by atoms with Crippen LogP contribution in [-0.4, -0.2) is 68.1 Å². The third kappa shape index (κ3) is 7.26. The summed E-state index contributed by atoms with van der Waals surface area (Å²) >= 11 is 0. The van der Waals surface area contributed by atoms with Crippen molar-refractivity contribution in [2.45, 2.75) is 89.3 Å². The summed E-state index contributed by atoms with van der Waals surface area (Å²) in [6.07, 6.45) is 1.95. The maximum atomic E-state index is 14.0. The van der Waals surface area contributed by atoms with Gasteiger partial charge in [-0.2, -0.15) is 0 Å². The minimum absolute atomic E-state index is 0.0497. The summed E-state index contributed by atoms with van der Waals surface area (Å²) in [6, 6.07) is 14.5. The van der Waals surface area contributed by atoms with Crippen LogP contribution in [0.3, 0.4) is 0 Å². The lowest BCUT2D eigenvalue weighted by Crippen LogP contribution is -2.63. The van der Waals surface area contributed by atoms with Gasteiger partial charge in [-0.3, -0.25) is 4.79 Å². The van der Waals surface area contributed by atoms with Crippen molar-refractivity contribution >= 4 is 22.0 Å².